The molecule has 0 spiro atoms. The highest BCUT2D eigenvalue weighted by molar-refractivity contribution is 5.89. The van der Waals surface area contributed by atoms with Crippen molar-refractivity contribution in [2.24, 2.45) is 0 Å². The van der Waals surface area contributed by atoms with Crippen LogP contribution in [0.2, 0.25) is 0 Å². The summed E-state index contributed by atoms with van der Waals surface area (Å²) in [6.45, 7) is 9.07. The van der Waals surface area contributed by atoms with Crippen LogP contribution in [0.25, 0.3) is 0 Å². The van der Waals surface area contributed by atoms with E-state index in [2.05, 4.69) is 15.7 Å². The molecule has 2 aromatic rings. The second-order valence-corrected chi connectivity index (χ2v) is 8.05. The van der Waals surface area contributed by atoms with E-state index in [4.69, 9.17) is 4.74 Å². The average Bonchev–Trinajstić information content (AvgIpc) is 3.07. The lowest BCUT2D eigenvalue weighted by Gasteiger charge is -2.35. The maximum atomic E-state index is 12.5. The number of nitrogens with one attached hydrogen (secondary N) is 2. The van der Waals surface area contributed by atoms with Gasteiger partial charge in [0.15, 0.2) is 0 Å². The fraction of sp³-hybridized carbons (Fsp3) is 0.476. The molecule has 3 rings (SSSR count). The Labute approximate surface area is 171 Å². The van der Waals surface area contributed by atoms with Crippen LogP contribution in [-0.4, -0.2) is 51.9 Å². The van der Waals surface area contributed by atoms with Crippen LogP contribution in [0.3, 0.4) is 0 Å². The molecule has 8 heteroatoms. The fourth-order valence-corrected chi connectivity index (χ4v) is 3.51. The van der Waals surface area contributed by atoms with Gasteiger partial charge in [0.25, 0.3) is 0 Å². The number of ether oxygens (including phenoxy) is 1. The van der Waals surface area contributed by atoms with Crippen LogP contribution in [0, 0.1) is 0 Å². The van der Waals surface area contributed by atoms with Crippen molar-refractivity contribution in [3.63, 3.8) is 0 Å². The zero-order valence-corrected chi connectivity index (χ0v) is 17.4. The lowest BCUT2D eigenvalue weighted by molar-refractivity contribution is -0.144. The molecule has 1 aliphatic rings. The molecular weight excluding hydrogens is 370 g/mol. The van der Waals surface area contributed by atoms with Crippen molar-refractivity contribution in [2.45, 2.75) is 52.0 Å². The van der Waals surface area contributed by atoms with Crippen molar-refractivity contribution in [1.29, 1.82) is 0 Å². The number of carbonyl (C=O) groups excluding carboxylic acids is 2. The Morgan fingerprint density at radius 3 is 2.48 bits per heavy atom. The van der Waals surface area contributed by atoms with Crippen LogP contribution in [0.1, 0.15) is 33.3 Å². The van der Waals surface area contributed by atoms with E-state index in [0.717, 1.165) is 5.56 Å². The van der Waals surface area contributed by atoms with Crippen molar-refractivity contribution in [2.75, 3.05) is 18.4 Å². The summed E-state index contributed by atoms with van der Waals surface area (Å²) in [5.41, 5.74) is 1.01. The Bertz CT molecular complexity index is 839. The van der Waals surface area contributed by atoms with Gasteiger partial charge in [-0.15, -0.1) is 0 Å². The summed E-state index contributed by atoms with van der Waals surface area (Å²) in [5.74, 6) is -0.0173. The Morgan fingerprint density at radius 1 is 1.17 bits per heavy atom. The molecular formula is C21H29N5O3. The second-order valence-electron chi connectivity index (χ2n) is 8.05. The number of aromatic nitrogens is 2. The first-order valence-electron chi connectivity index (χ1n) is 9.83. The van der Waals surface area contributed by atoms with Gasteiger partial charge in [-0.05, 0) is 33.3 Å². The molecule has 0 bridgehead atoms. The number of urea groups is 1. The summed E-state index contributed by atoms with van der Waals surface area (Å²) >= 11 is 0. The molecule has 1 fully saturated rings. The highest BCUT2D eigenvalue weighted by Crippen LogP contribution is 2.19. The van der Waals surface area contributed by atoms with Crippen LogP contribution in [0.15, 0.2) is 42.7 Å². The topological polar surface area (TPSA) is 88.5 Å². The van der Waals surface area contributed by atoms with E-state index >= 15 is 0 Å². The van der Waals surface area contributed by atoms with E-state index in [-0.39, 0.29) is 30.7 Å². The van der Waals surface area contributed by atoms with Gasteiger partial charge in [0, 0.05) is 19.3 Å². The van der Waals surface area contributed by atoms with Crippen LogP contribution in [0.4, 0.5) is 10.5 Å². The van der Waals surface area contributed by atoms with Gasteiger partial charge < -0.3 is 20.3 Å². The largest absolute Gasteiger partial charge is 0.372 e. The van der Waals surface area contributed by atoms with Gasteiger partial charge in [-0.1, -0.05) is 30.3 Å². The molecule has 1 saturated heterocycles. The molecule has 3 amide bonds. The van der Waals surface area contributed by atoms with Crippen LogP contribution in [-0.2, 0) is 21.6 Å². The average molecular weight is 399 g/mol. The summed E-state index contributed by atoms with van der Waals surface area (Å²) in [5, 5.41) is 9.93. The van der Waals surface area contributed by atoms with Crippen molar-refractivity contribution in [3.8, 4) is 0 Å². The number of anilines is 1. The normalized spacial score (nSPS) is 19.7. The third kappa shape index (κ3) is 5.57. The first kappa shape index (κ1) is 20.9. The number of morpholine rings is 1. The van der Waals surface area contributed by atoms with Gasteiger partial charge in [-0.25, -0.2) is 4.79 Å². The van der Waals surface area contributed by atoms with Crippen molar-refractivity contribution in [3.05, 3.63) is 48.3 Å². The van der Waals surface area contributed by atoms with E-state index < -0.39 is 5.54 Å². The number of benzene rings is 1. The second kappa shape index (κ2) is 8.65. The molecule has 2 atom stereocenters. The molecule has 29 heavy (non-hydrogen) atoms. The zero-order chi connectivity index (χ0) is 21.0. The van der Waals surface area contributed by atoms with Gasteiger partial charge in [0.1, 0.15) is 6.54 Å². The van der Waals surface area contributed by atoms with E-state index in [1.165, 1.54) is 10.9 Å². The highest BCUT2D eigenvalue weighted by Gasteiger charge is 2.26. The summed E-state index contributed by atoms with van der Waals surface area (Å²) in [6, 6.07) is 9.42. The highest BCUT2D eigenvalue weighted by atomic mass is 16.5. The minimum atomic E-state index is -0.527. The first-order chi connectivity index (χ1) is 13.7. The molecule has 8 nitrogen and oxygen atoms in total. The van der Waals surface area contributed by atoms with Crippen molar-refractivity contribution in [1.82, 2.24) is 20.0 Å². The third-order valence-corrected chi connectivity index (χ3v) is 4.88. The molecule has 1 aliphatic heterocycles. The Hall–Kier alpha value is -2.87. The van der Waals surface area contributed by atoms with Crippen LogP contribution < -0.4 is 10.6 Å². The Morgan fingerprint density at radius 2 is 1.83 bits per heavy atom. The minimum absolute atomic E-state index is 0.0173. The van der Waals surface area contributed by atoms with E-state index in [9.17, 15) is 9.59 Å². The monoisotopic (exact) mass is 399 g/mol. The number of hydrogen-bond donors (Lipinski definition) is 2. The van der Waals surface area contributed by atoms with Gasteiger partial charge in [-0.3, -0.25) is 9.48 Å². The standard InChI is InChI=1S/C21H29N5O3/c1-15-11-25(12-16(2)29-15)19(27)14-26-13-18(10-22-26)23-20(28)24-21(3,4)17-8-6-5-7-9-17/h5-10,13,15-16H,11-12,14H2,1-4H3,(H2,23,24,28). The van der Waals surface area contributed by atoms with Gasteiger partial charge in [0.2, 0.25) is 5.91 Å². The predicted octanol–water partition coefficient (Wildman–Crippen LogP) is 2.58. The SMILES string of the molecule is CC1CN(C(=O)Cn2cc(NC(=O)NC(C)(C)c3ccccc3)cn2)CC(C)O1. The molecule has 2 unspecified atom stereocenters. The number of hydrogen-bond acceptors (Lipinski definition) is 4. The van der Waals surface area contributed by atoms with Gasteiger partial charge >= 0.3 is 6.03 Å². The first-order valence-corrected chi connectivity index (χ1v) is 9.83. The van der Waals surface area contributed by atoms with Crippen LogP contribution >= 0.6 is 0 Å². The molecule has 2 N–H and O–H groups in total. The van der Waals surface area contributed by atoms with Crippen LogP contribution in [0.5, 0.6) is 0 Å². The zero-order valence-electron chi connectivity index (χ0n) is 17.4. The Balaban J connectivity index is 1.54. The summed E-state index contributed by atoms with van der Waals surface area (Å²) in [7, 11) is 0. The lowest BCUT2D eigenvalue weighted by atomic mass is 9.95. The molecule has 0 aliphatic carbocycles. The molecule has 0 saturated carbocycles. The third-order valence-electron chi connectivity index (χ3n) is 4.88. The fourth-order valence-electron chi connectivity index (χ4n) is 3.51. The van der Waals surface area contributed by atoms with Gasteiger partial charge in [-0.2, -0.15) is 5.10 Å². The molecule has 1 aromatic heterocycles. The number of nitrogens with zero attached hydrogens (tertiary/aromatic N) is 3. The summed E-state index contributed by atoms with van der Waals surface area (Å²) in [6.07, 6.45) is 3.23. The van der Waals surface area contributed by atoms with E-state index in [1.54, 1.807) is 11.1 Å². The number of amides is 3. The van der Waals surface area contributed by atoms with Crippen molar-refractivity contribution >= 4 is 17.6 Å². The quantitative estimate of drug-likeness (QED) is 0.809. The maximum Gasteiger partial charge on any atom is 0.320 e. The van der Waals surface area contributed by atoms with E-state index in [0.29, 0.717) is 18.8 Å². The summed E-state index contributed by atoms with van der Waals surface area (Å²) in [4.78, 5) is 26.7. The predicted molar refractivity (Wildman–Crippen MR) is 110 cm³/mol. The molecule has 0 radical (unpaired) electrons. The lowest BCUT2D eigenvalue weighted by Crippen LogP contribution is -2.49. The number of rotatable bonds is 5. The van der Waals surface area contributed by atoms with E-state index in [1.807, 2.05) is 58.0 Å². The molecule has 156 valence electrons. The van der Waals surface area contributed by atoms with Crippen molar-refractivity contribution < 1.29 is 14.3 Å². The van der Waals surface area contributed by atoms with Gasteiger partial charge in [0.05, 0.1) is 29.6 Å². The smallest absolute Gasteiger partial charge is 0.320 e. The minimum Gasteiger partial charge on any atom is -0.372 e. The number of carbonyl (C=O) groups is 2. The molecule has 1 aromatic carbocycles. The Kier molecular flexibility index (Phi) is 6.22. The molecule has 2 heterocycles. The summed E-state index contributed by atoms with van der Waals surface area (Å²) < 4.78 is 7.20. The maximum absolute atomic E-state index is 12.5.